The van der Waals surface area contributed by atoms with Gasteiger partial charge in [-0.2, -0.15) is 0 Å². The lowest BCUT2D eigenvalue weighted by atomic mass is 10.2. The van der Waals surface area contributed by atoms with Crippen LogP contribution in [0.2, 0.25) is 5.02 Å². The summed E-state index contributed by atoms with van der Waals surface area (Å²) in [6, 6.07) is 9.29. The monoisotopic (exact) mass is 375 g/mol. The Hall–Kier alpha value is -3.13. The molecule has 1 amide bonds. The second-order valence-electron chi connectivity index (χ2n) is 5.41. The van der Waals surface area contributed by atoms with Gasteiger partial charge in [-0.15, -0.1) is 4.57 Å². The van der Waals surface area contributed by atoms with Crippen LogP contribution in [-0.4, -0.2) is 28.0 Å². The standard InChI is InChI=1S/C17H14ClN3O5/c1-10-6-14-20-11(7-15(22)21(14)26-10)9-25-16(23)8-19-17(24)12-4-2-3-5-13(12)18/h2-7H,8-9H2,1H3,(H,19,24). The number of esters is 1. The molecule has 0 atom stereocenters. The Kier molecular flexibility index (Phi) is 5.04. The maximum atomic E-state index is 12.0. The van der Waals surface area contributed by atoms with Crippen molar-refractivity contribution in [3.8, 4) is 0 Å². The number of aromatic nitrogens is 2. The fourth-order valence-electron chi connectivity index (χ4n) is 2.25. The lowest BCUT2D eigenvalue weighted by molar-refractivity contribution is -0.143. The Bertz CT molecular complexity index is 1040. The van der Waals surface area contributed by atoms with Crippen LogP contribution in [0.3, 0.4) is 0 Å². The smallest absolute Gasteiger partial charge is 0.325 e. The fraction of sp³-hybridized carbons (Fsp3) is 0.176. The minimum atomic E-state index is -0.671. The molecule has 0 aliphatic carbocycles. The molecule has 9 heteroatoms. The Morgan fingerprint density at radius 3 is 2.85 bits per heavy atom. The van der Waals surface area contributed by atoms with E-state index < -0.39 is 17.4 Å². The number of aryl methyl sites for hydroxylation is 1. The van der Waals surface area contributed by atoms with Gasteiger partial charge in [-0.05, 0) is 19.1 Å². The second-order valence-corrected chi connectivity index (χ2v) is 5.81. The highest BCUT2D eigenvalue weighted by Crippen LogP contribution is 2.14. The number of amides is 1. The van der Waals surface area contributed by atoms with Crippen molar-refractivity contribution in [2.45, 2.75) is 13.5 Å². The van der Waals surface area contributed by atoms with Crippen LogP contribution in [0.5, 0.6) is 0 Å². The number of nitrogens with zero attached hydrogens (tertiary/aromatic N) is 2. The number of hydrogen-bond acceptors (Lipinski definition) is 6. The van der Waals surface area contributed by atoms with Gasteiger partial charge in [-0.1, -0.05) is 23.7 Å². The second kappa shape index (κ2) is 7.40. The van der Waals surface area contributed by atoms with Gasteiger partial charge in [0.15, 0.2) is 5.65 Å². The SMILES string of the molecule is Cc1cc2nc(COC(=O)CNC(=O)c3ccccc3Cl)cc(=O)n2o1. The van der Waals surface area contributed by atoms with Crippen molar-refractivity contribution in [3.63, 3.8) is 0 Å². The van der Waals surface area contributed by atoms with E-state index in [-0.39, 0.29) is 29.4 Å². The van der Waals surface area contributed by atoms with Gasteiger partial charge in [0.25, 0.3) is 11.5 Å². The summed E-state index contributed by atoms with van der Waals surface area (Å²) in [5, 5.41) is 2.71. The molecule has 0 radical (unpaired) electrons. The first-order valence-electron chi connectivity index (χ1n) is 7.62. The first-order chi connectivity index (χ1) is 12.4. The van der Waals surface area contributed by atoms with Gasteiger partial charge < -0.3 is 14.6 Å². The molecule has 2 aromatic heterocycles. The molecular formula is C17H14ClN3O5. The maximum absolute atomic E-state index is 12.0. The lowest BCUT2D eigenvalue weighted by Gasteiger charge is -2.07. The van der Waals surface area contributed by atoms with Gasteiger partial charge in [0.05, 0.1) is 16.3 Å². The molecular weight excluding hydrogens is 362 g/mol. The van der Waals surface area contributed by atoms with E-state index in [4.69, 9.17) is 20.9 Å². The van der Waals surface area contributed by atoms with E-state index in [0.29, 0.717) is 11.4 Å². The lowest BCUT2D eigenvalue weighted by Crippen LogP contribution is -2.30. The molecule has 0 aliphatic heterocycles. The predicted octanol–water partition coefficient (Wildman–Crippen LogP) is 1.72. The van der Waals surface area contributed by atoms with Crippen LogP contribution in [-0.2, 0) is 16.1 Å². The summed E-state index contributed by atoms with van der Waals surface area (Å²) in [5.41, 5.74) is 0.452. The number of carbonyl (C=O) groups excluding carboxylic acids is 2. The molecule has 3 rings (SSSR count). The fourth-order valence-corrected chi connectivity index (χ4v) is 2.47. The van der Waals surface area contributed by atoms with E-state index in [1.54, 1.807) is 37.3 Å². The normalized spacial score (nSPS) is 10.7. The molecule has 0 unspecified atom stereocenters. The van der Waals surface area contributed by atoms with Gasteiger partial charge in [0.2, 0.25) is 0 Å². The quantitative estimate of drug-likeness (QED) is 0.681. The number of hydrogen-bond donors (Lipinski definition) is 1. The van der Waals surface area contributed by atoms with Crippen molar-refractivity contribution in [1.82, 2.24) is 14.9 Å². The molecule has 1 aromatic carbocycles. The molecule has 0 bridgehead atoms. The summed E-state index contributed by atoms with van der Waals surface area (Å²) in [7, 11) is 0. The highest BCUT2D eigenvalue weighted by atomic mass is 35.5. The maximum Gasteiger partial charge on any atom is 0.325 e. The summed E-state index contributed by atoms with van der Waals surface area (Å²) in [6.45, 7) is 1.16. The summed E-state index contributed by atoms with van der Waals surface area (Å²) in [5.74, 6) is -0.624. The van der Waals surface area contributed by atoms with Crippen molar-refractivity contribution in [2.75, 3.05) is 6.54 Å². The Morgan fingerprint density at radius 2 is 2.08 bits per heavy atom. The molecule has 0 aliphatic rings. The number of benzene rings is 1. The molecule has 8 nitrogen and oxygen atoms in total. The van der Waals surface area contributed by atoms with E-state index in [9.17, 15) is 14.4 Å². The third-order valence-corrected chi connectivity index (χ3v) is 3.75. The number of rotatable bonds is 5. The van der Waals surface area contributed by atoms with Crippen molar-refractivity contribution >= 4 is 29.1 Å². The average molecular weight is 376 g/mol. The Balaban J connectivity index is 1.57. The topological polar surface area (TPSA) is 103 Å². The van der Waals surface area contributed by atoms with Crippen molar-refractivity contribution < 1.29 is 18.8 Å². The number of nitrogens with one attached hydrogen (secondary N) is 1. The van der Waals surface area contributed by atoms with E-state index in [1.165, 1.54) is 6.07 Å². The molecule has 1 N–H and O–H groups in total. The zero-order valence-electron chi connectivity index (χ0n) is 13.7. The summed E-state index contributed by atoms with van der Waals surface area (Å²) >= 11 is 5.92. The molecule has 2 heterocycles. The van der Waals surface area contributed by atoms with E-state index in [2.05, 4.69) is 10.3 Å². The molecule has 0 fully saturated rings. The molecule has 0 spiro atoms. The van der Waals surface area contributed by atoms with Gasteiger partial charge in [0, 0.05) is 12.1 Å². The van der Waals surface area contributed by atoms with Crippen molar-refractivity contribution in [2.24, 2.45) is 0 Å². The van der Waals surface area contributed by atoms with E-state index in [1.807, 2.05) is 0 Å². The van der Waals surface area contributed by atoms with Gasteiger partial charge in [-0.25, -0.2) is 4.98 Å². The van der Waals surface area contributed by atoms with Crippen molar-refractivity contribution in [3.05, 3.63) is 68.8 Å². The number of fused-ring (bicyclic) bond motifs is 1. The largest absolute Gasteiger partial charge is 0.458 e. The molecule has 3 aromatic rings. The van der Waals surface area contributed by atoms with Crippen LogP contribution in [0.1, 0.15) is 21.8 Å². The Morgan fingerprint density at radius 1 is 1.31 bits per heavy atom. The summed E-state index contributed by atoms with van der Waals surface area (Å²) in [4.78, 5) is 39.8. The van der Waals surface area contributed by atoms with Gasteiger partial charge >= 0.3 is 5.97 Å². The number of halogens is 1. The van der Waals surface area contributed by atoms with E-state index in [0.717, 1.165) is 4.57 Å². The molecule has 134 valence electrons. The third kappa shape index (κ3) is 3.92. The van der Waals surface area contributed by atoms with Crippen LogP contribution >= 0.6 is 11.6 Å². The van der Waals surface area contributed by atoms with Crippen LogP contribution < -0.4 is 10.9 Å². The number of ether oxygens (including phenoxy) is 1. The number of carbonyl (C=O) groups is 2. The third-order valence-electron chi connectivity index (χ3n) is 3.42. The minimum absolute atomic E-state index is 0.198. The minimum Gasteiger partial charge on any atom is -0.458 e. The summed E-state index contributed by atoms with van der Waals surface area (Å²) < 4.78 is 11.2. The molecule has 0 saturated carbocycles. The molecule has 0 saturated heterocycles. The Labute approximate surface area is 152 Å². The van der Waals surface area contributed by atoms with Gasteiger partial charge in [-0.3, -0.25) is 14.4 Å². The van der Waals surface area contributed by atoms with Crippen LogP contribution in [0.25, 0.3) is 5.65 Å². The van der Waals surface area contributed by atoms with Crippen LogP contribution in [0.15, 0.2) is 45.7 Å². The van der Waals surface area contributed by atoms with Crippen LogP contribution in [0, 0.1) is 6.92 Å². The zero-order chi connectivity index (χ0) is 18.7. The highest BCUT2D eigenvalue weighted by Gasteiger charge is 2.13. The zero-order valence-corrected chi connectivity index (χ0v) is 14.4. The van der Waals surface area contributed by atoms with E-state index >= 15 is 0 Å². The summed E-state index contributed by atoms with van der Waals surface area (Å²) in [6.07, 6.45) is 0. The average Bonchev–Trinajstić information content (AvgIpc) is 2.99. The predicted molar refractivity (Wildman–Crippen MR) is 92.0 cm³/mol. The highest BCUT2D eigenvalue weighted by molar-refractivity contribution is 6.33. The van der Waals surface area contributed by atoms with Crippen molar-refractivity contribution in [1.29, 1.82) is 0 Å². The first-order valence-corrected chi connectivity index (χ1v) is 8.00. The molecule has 26 heavy (non-hydrogen) atoms. The van der Waals surface area contributed by atoms with Gasteiger partial charge in [0.1, 0.15) is 18.9 Å². The van der Waals surface area contributed by atoms with Crippen LogP contribution in [0.4, 0.5) is 0 Å². The first kappa shape index (κ1) is 17.7.